The van der Waals surface area contributed by atoms with Gasteiger partial charge in [0.05, 0.1) is 18.6 Å². The number of carbonyl (C=O) groups excluding carboxylic acids is 2. The molecule has 0 aliphatic carbocycles. The molecule has 0 bridgehead atoms. The van der Waals surface area contributed by atoms with Crippen LogP contribution in [-0.4, -0.2) is 41.3 Å². The molecule has 112 valence electrons. The fraction of sp³-hybridized carbons (Fsp3) is 0.375. The number of hydrogen-bond acceptors (Lipinski definition) is 4. The summed E-state index contributed by atoms with van der Waals surface area (Å²) in [5, 5.41) is 9.30. The summed E-state index contributed by atoms with van der Waals surface area (Å²) in [5.74, 6) is -1.05. The Morgan fingerprint density at radius 1 is 1.48 bits per heavy atom. The van der Waals surface area contributed by atoms with Crippen LogP contribution in [0.4, 0.5) is 4.79 Å². The van der Waals surface area contributed by atoms with Crippen LogP contribution in [0, 0.1) is 5.92 Å². The average Bonchev–Trinajstić information content (AvgIpc) is 2.86. The van der Waals surface area contributed by atoms with E-state index in [1.54, 1.807) is 6.08 Å². The van der Waals surface area contributed by atoms with Crippen molar-refractivity contribution in [3.05, 3.63) is 48.6 Å². The molecule has 2 atom stereocenters. The van der Waals surface area contributed by atoms with Crippen LogP contribution in [0.15, 0.2) is 43.0 Å². The molecule has 1 saturated heterocycles. The van der Waals surface area contributed by atoms with Crippen molar-refractivity contribution in [3.63, 3.8) is 0 Å². The number of ether oxygens (including phenoxy) is 1. The zero-order valence-corrected chi connectivity index (χ0v) is 11.8. The highest BCUT2D eigenvalue weighted by atomic mass is 16.6. The molecule has 2 amide bonds. The van der Waals surface area contributed by atoms with Gasteiger partial charge in [-0.25, -0.2) is 9.69 Å². The number of hydrogen-bond donors (Lipinski definition) is 1. The first-order chi connectivity index (χ1) is 10.2. The SMILES string of the molecule is C=CCC(CO)C(=O)N1C(=O)OC[C@@H]1Cc1ccccc1. The van der Waals surface area contributed by atoms with Gasteiger partial charge in [-0.3, -0.25) is 4.79 Å². The van der Waals surface area contributed by atoms with Crippen molar-refractivity contribution in [1.82, 2.24) is 4.90 Å². The molecule has 0 aromatic heterocycles. The van der Waals surface area contributed by atoms with Gasteiger partial charge in [0.1, 0.15) is 6.61 Å². The summed E-state index contributed by atoms with van der Waals surface area (Å²) >= 11 is 0. The van der Waals surface area contributed by atoms with Crippen LogP contribution < -0.4 is 0 Å². The number of rotatable bonds is 6. The number of nitrogens with zero attached hydrogens (tertiary/aromatic N) is 1. The van der Waals surface area contributed by atoms with Crippen LogP contribution in [0.5, 0.6) is 0 Å². The molecular weight excluding hydrogens is 270 g/mol. The van der Waals surface area contributed by atoms with E-state index in [1.807, 2.05) is 30.3 Å². The maximum atomic E-state index is 12.4. The molecule has 2 rings (SSSR count). The third-order valence-corrected chi connectivity index (χ3v) is 3.53. The van der Waals surface area contributed by atoms with Gasteiger partial charge in [0, 0.05) is 0 Å². The van der Waals surface area contributed by atoms with Gasteiger partial charge in [-0.05, 0) is 18.4 Å². The van der Waals surface area contributed by atoms with Gasteiger partial charge in [-0.1, -0.05) is 36.4 Å². The first-order valence-corrected chi connectivity index (χ1v) is 6.93. The number of benzene rings is 1. The number of cyclic esters (lactones) is 1. The summed E-state index contributed by atoms with van der Waals surface area (Å²) in [4.78, 5) is 25.3. The number of aliphatic hydroxyl groups is 1. The Balaban J connectivity index is 2.12. The van der Waals surface area contributed by atoms with E-state index in [9.17, 15) is 14.7 Å². The Hall–Kier alpha value is -2.14. The van der Waals surface area contributed by atoms with Gasteiger partial charge in [-0.15, -0.1) is 6.58 Å². The molecule has 1 heterocycles. The number of amides is 2. The normalized spacial score (nSPS) is 19.2. The lowest BCUT2D eigenvalue weighted by Gasteiger charge is -2.23. The van der Waals surface area contributed by atoms with Crippen molar-refractivity contribution in [3.8, 4) is 0 Å². The third kappa shape index (κ3) is 3.49. The van der Waals surface area contributed by atoms with Crippen LogP contribution in [0.1, 0.15) is 12.0 Å². The quantitative estimate of drug-likeness (QED) is 0.810. The molecule has 1 unspecified atom stereocenters. The Morgan fingerprint density at radius 3 is 2.81 bits per heavy atom. The molecule has 0 saturated carbocycles. The zero-order valence-electron chi connectivity index (χ0n) is 11.8. The Morgan fingerprint density at radius 2 is 2.19 bits per heavy atom. The summed E-state index contributed by atoms with van der Waals surface area (Å²) in [6, 6.07) is 9.29. The van der Waals surface area contributed by atoms with Crippen molar-refractivity contribution in [2.45, 2.75) is 18.9 Å². The van der Waals surface area contributed by atoms with E-state index >= 15 is 0 Å². The van der Waals surface area contributed by atoms with E-state index in [2.05, 4.69) is 6.58 Å². The molecule has 1 aliphatic rings. The van der Waals surface area contributed by atoms with E-state index in [0.717, 1.165) is 10.5 Å². The molecule has 1 fully saturated rings. The van der Waals surface area contributed by atoms with Crippen LogP contribution in [-0.2, 0) is 16.0 Å². The molecule has 0 radical (unpaired) electrons. The standard InChI is InChI=1S/C16H19NO4/c1-2-6-13(10-18)15(19)17-14(11-21-16(17)20)9-12-7-4-3-5-8-12/h2-5,7-8,13-14,18H,1,6,9-11H2/t13?,14-/m0/s1. The number of allylic oxidation sites excluding steroid dienone is 1. The second kappa shape index (κ2) is 7.04. The predicted molar refractivity (Wildman–Crippen MR) is 77.5 cm³/mol. The van der Waals surface area contributed by atoms with Crippen molar-refractivity contribution >= 4 is 12.0 Å². The molecule has 1 aromatic carbocycles. The molecule has 0 spiro atoms. The minimum atomic E-state index is -0.647. The van der Waals surface area contributed by atoms with Gasteiger partial charge in [0.25, 0.3) is 0 Å². The first-order valence-electron chi connectivity index (χ1n) is 6.93. The molecule has 5 heteroatoms. The second-order valence-corrected chi connectivity index (χ2v) is 5.03. The predicted octanol–water partition coefficient (Wildman–Crippen LogP) is 1.76. The van der Waals surface area contributed by atoms with Crippen LogP contribution in [0.2, 0.25) is 0 Å². The number of carbonyl (C=O) groups is 2. The third-order valence-electron chi connectivity index (χ3n) is 3.53. The highest BCUT2D eigenvalue weighted by Gasteiger charge is 2.40. The lowest BCUT2D eigenvalue weighted by atomic mass is 10.0. The minimum absolute atomic E-state index is 0.186. The second-order valence-electron chi connectivity index (χ2n) is 5.03. The Kier molecular flexibility index (Phi) is 5.11. The van der Waals surface area contributed by atoms with E-state index in [4.69, 9.17) is 4.74 Å². The average molecular weight is 289 g/mol. The summed E-state index contributed by atoms with van der Waals surface area (Å²) in [6.07, 6.45) is 1.80. The maximum absolute atomic E-state index is 12.4. The Labute approximate surface area is 123 Å². The highest BCUT2D eigenvalue weighted by molar-refractivity contribution is 5.95. The Bertz CT molecular complexity index is 514. The fourth-order valence-corrected chi connectivity index (χ4v) is 2.42. The molecular formula is C16H19NO4. The van der Waals surface area contributed by atoms with Crippen molar-refractivity contribution in [2.24, 2.45) is 5.92 Å². The lowest BCUT2D eigenvalue weighted by molar-refractivity contribution is -0.134. The topological polar surface area (TPSA) is 66.8 Å². The van der Waals surface area contributed by atoms with Gasteiger partial charge >= 0.3 is 6.09 Å². The largest absolute Gasteiger partial charge is 0.447 e. The lowest BCUT2D eigenvalue weighted by Crippen LogP contribution is -2.44. The highest BCUT2D eigenvalue weighted by Crippen LogP contribution is 2.21. The van der Waals surface area contributed by atoms with E-state index in [1.165, 1.54) is 0 Å². The van der Waals surface area contributed by atoms with Gasteiger partial charge in [0.2, 0.25) is 5.91 Å². The number of aliphatic hydroxyl groups excluding tert-OH is 1. The van der Waals surface area contributed by atoms with Crippen molar-refractivity contribution < 1.29 is 19.4 Å². The smallest absolute Gasteiger partial charge is 0.416 e. The van der Waals surface area contributed by atoms with Gasteiger partial charge in [-0.2, -0.15) is 0 Å². The van der Waals surface area contributed by atoms with Crippen molar-refractivity contribution in [2.75, 3.05) is 13.2 Å². The van der Waals surface area contributed by atoms with Crippen LogP contribution >= 0.6 is 0 Å². The molecule has 5 nitrogen and oxygen atoms in total. The summed E-state index contributed by atoms with van der Waals surface area (Å²) in [5.41, 5.74) is 1.03. The fourth-order valence-electron chi connectivity index (χ4n) is 2.42. The molecule has 1 aliphatic heterocycles. The monoisotopic (exact) mass is 289 g/mol. The first kappa shape index (κ1) is 15.3. The van der Waals surface area contributed by atoms with E-state index < -0.39 is 17.9 Å². The van der Waals surface area contributed by atoms with Crippen LogP contribution in [0.3, 0.4) is 0 Å². The van der Waals surface area contributed by atoms with Gasteiger partial charge < -0.3 is 9.84 Å². The molecule has 21 heavy (non-hydrogen) atoms. The van der Waals surface area contributed by atoms with Gasteiger partial charge in [0.15, 0.2) is 0 Å². The van der Waals surface area contributed by atoms with Crippen LogP contribution in [0.25, 0.3) is 0 Å². The number of imide groups is 1. The maximum Gasteiger partial charge on any atom is 0.416 e. The summed E-state index contributed by atoms with van der Waals surface area (Å²) in [6.45, 7) is 3.44. The molecule has 1 N–H and O–H groups in total. The molecule has 1 aromatic rings. The van der Waals surface area contributed by atoms with E-state index in [0.29, 0.717) is 12.8 Å². The minimum Gasteiger partial charge on any atom is -0.447 e. The summed E-state index contributed by atoms with van der Waals surface area (Å²) in [7, 11) is 0. The zero-order chi connectivity index (χ0) is 15.2. The summed E-state index contributed by atoms with van der Waals surface area (Å²) < 4.78 is 5.00. The van der Waals surface area contributed by atoms with E-state index in [-0.39, 0.29) is 19.3 Å². The van der Waals surface area contributed by atoms with Crippen molar-refractivity contribution in [1.29, 1.82) is 0 Å².